The Labute approximate surface area is 177 Å². The van der Waals surface area contributed by atoms with Gasteiger partial charge >= 0.3 is 0 Å². The molecule has 2 amide bonds. The van der Waals surface area contributed by atoms with Crippen molar-refractivity contribution in [3.8, 4) is 0 Å². The third-order valence-electron chi connectivity index (χ3n) is 4.89. The molecular formula is C22H16ClN3O4. The van der Waals surface area contributed by atoms with E-state index < -0.39 is 16.9 Å². The van der Waals surface area contributed by atoms with Gasteiger partial charge in [-0.2, -0.15) is 0 Å². The lowest BCUT2D eigenvalue weighted by molar-refractivity contribution is -0.384. The smallest absolute Gasteiger partial charge is 0.270 e. The first-order chi connectivity index (χ1) is 14.4. The van der Waals surface area contributed by atoms with E-state index in [1.54, 1.807) is 18.2 Å². The number of amides is 2. The third-order valence-corrected chi connectivity index (χ3v) is 5.12. The molecule has 30 heavy (non-hydrogen) atoms. The number of non-ortho nitro benzene ring substituents is 1. The fraction of sp³-hybridized carbons (Fsp3) is 0.0909. The zero-order valence-electron chi connectivity index (χ0n) is 15.6. The maximum absolute atomic E-state index is 13.4. The second-order valence-electron chi connectivity index (χ2n) is 6.83. The van der Waals surface area contributed by atoms with Crippen molar-refractivity contribution in [1.29, 1.82) is 0 Å². The Morgan fingerprint density at radius 1 is 1.07 bits per heavy atom. The number of nitro groups is 1. The molecule has 4 rings (SSSR count). The number of hydrogen-bond acceptors (Lipinski definition) is 4. The van der Waals surface area contributed by atoms with Crippen molar-refractivity contribution in [3.05, 3.63) is 105 Å². The van der Waals surface area contributed by atoms with Crippen molar-refractivity contribution >= 4 is 34.8 Å². The van der Waals surface area contributed by atoms with Crippen LogP contribution in [-0.2, 0) is 4.79 Å². The number of nitrogens with one attached hydrogen (secondary N) is 1. The van der Waals surface area contributed by atoms with Crippen LogP contribution in [0.2, 0.25) is 5.02 Å². The van der Waals surface area contributed by atoms with E-state index in [1.165, 1.54) is 29.2 Å². The van der Waals surface area contributed by atoms with Gasteiger partial charge in [0.2, 0.25) is 5.91 Å². The first-order valence-electron chi connectivity index (χ1n) is 9.14. The molecule has 0 spiro atoms. The summed E-state index contributed by atoms with van der Waals surface area (Å²) in [5, 5.41) is 14.4. The van der Waals surface area contributed by atoms with Gasteiger partial charge in [0.05, 0.1) is 11.0 Å². The van der Waals surface area contributed by atoms with Gasteiger partial charge in [-0.1, -0.05) is 48.0 Å². The van der Waals surface area contributed by atoms with Crippen LogP contribution in [0.4, 0.5) is 11.4 Å². The highest BCUT2D eigenvalue weighted by atomic mass is 35.5. The predicted octanol–water partition coefficient (Wildman–Crippen LogP) is 4.43. The van der Waals surface area contributed by atoms with E-state index in [0.717, 1.165) is 5.56 Å². The van der Waals surface area contributed by atoms with E-state index >= 15 is 0 Å². The van der Waals surface area contributed by atoms with Gasteiger partial charge in [-0.3, -0.25) is 19.7 Å². The van der Waals surface area contributed by atoms with E-state index in [4.69, 9.17) is 11.6 Å². The van der Waals surface area contributed by atoms with Gasteiger partial charge in [0.1, 0.15) is 6.54 Å². The molecule has 1 heterocycles. The highest BCUT2D eigenvalue weighted by molar-refractivity contribution is 6.30. The highest BCUT2D eigenvalue weighted by Gasteiger charge is 2.34. The van der Waals surface area contributed by atoms with Crippen LogP contribution in [0.5, 0.6) is 0 Å². The maximum Gasteiger partial charge on any atom is 0.270 e. The average molecular weight is 422 g/mol. The minimum Gasteiger partial charge on any atom is -0.324 e. The molecular weight excluding hydrogens is 406 g/mol. The van der Waals surface area contributed by atoms with Crippen molar-refractivity contribution in [3.63, 3.8) is 0 Å². The van der Waals surface area contributed by atoms with Crippen LogP contribution in [0.3, 0.4) is 0 Å². The molecule has 0 unspecified atom stereocenters. The SMILES string of the molecule is O=C1CN(C(=O)c2cccc([N+](=O)[O-])c2)[C@@H](c2ccccc2)c2cc(Cl)ccc2N1. The van der Waals surface area contributed by atoms with Gasteiger partial charge in [0.25, 0.3) is 11.6 Å². The number of rotatable bonds is 3. The van der Waals surface area contributed by atoms with Crippen LogP contribution >= 0.6 is 11.6 Å². The standard InChI is InChI=1S/C22H16ClN3O4/c23-16-9-10-19-18(12-16)21(14-5-2-1-3-6-14)25(13-20(27)24-19)22(28)15-7-4-8-17(11-15)26(29)30/h1-12,21H,13H2,(H,24,27)/t21-/m0/s1. The first kappa shape index (κ1) is 19.6. The molecule has 0 fully saturated rings. The molecule has 0 bridgehead atoms. The molecule has 0 saturated carbocycles. The Bertz CT molecular complexity index is 1150. The van der Waals surface area contributed by atoms with Crippen molar-refractivity contribution in [2.75, 3.05) is 11.9 Å². The van der Waals surface area contributed by atoms with E-state index in [1.807, 2.05) is 30.3 Å². The van der Waals surface area contributed by atoms with Crippen LogP contribution in [0.25, 0.3) is 0 Å². The van der Waals surface area contributed by atoms with Crippen molar-refractivity contribution in [1.82, 2.24) is 4.90 Å². The monoisotopic (exact) mass is 421 g/mol. The highest BCUT2D eigenvalue weighted by Crippen LogP contribution is 2.38. The Hall–Kier alpha value is -3.71. The number of fused-ring (bicyclic) bond motifs is 1. The van der Waals surface area contributed by atoms with Crippen molar-refractivity contribution < 1.29 is 14.5 Å². The summed E-state index contributed by atoms with van der Waals surface area (Å²) in [6.07, 6.45) is 0. The molecule has 0 radical (unpaired) electrons. The predicted molar refractivity (Wildman–Crippen MR) is 112 cm³/mol. The van der Waals surface area contributed by atoms with Gasteiger partial charge in [-0.25, -0.2) is 0 Å². The van der Waals surface area contributed by atoms with Gasteiger partial charge in [0.15, 0.2) is 0 Å². The first-order valence-corrected chi connectivity index (χ1v) is 9.51. The van der Waals surface area contributed by atoms with Crippen molar-refractivity contribution in [2.24, 2.45) is 0 Å². The number of halogens is 1. The number of anilines is 1. The van der Waals surface area contributed by atoms with Crippen LogP contribution in [0.15, 0.2) is 72.8 Å². The van der Waals surface area contributed by atoms with Gasteiger partial charge < -0.3 is 10.2 Å². The fourth-order valence-corrected chi connectivity index (χ4v) is 3.76. The van der Waals surface area contributed by atoms with E-state index in [9.17, 15) is 19.7 Å². The second-order valence-corrected chi connectivity index (χ2v) is 7.27. The summed E-state index contributed by atoms with van der Waals surface area (Å²) in [6.45, 7) is -0.215. The normalized spacial score (nSPS) is 15.7. The number of hydrogen-bond donors (Lipinski definition) is 1. The van der Waals surface area contributed by atoms with Crippen LogP contribution in [0.1, 0.15) is 27.5 Å². The summed E-state index contributed by atoms with van der Waals surface area (Å²) < 4.78 is 0. The lowest BCUT2D eigenvalue weighted by Gasteiger charge is -2.30. The Balaban J connectivity index is 1.87. The molecule has 8 heteroatoms. The topological polar surface area (TPSA) is 92.5 Å². The van der Waals surface area contributed by atoms with Gasteiger partial charge in [-0.05, 0) is 29.8 Å². The molecule has 1 atom stereocenters. The average Bonchev–Trinajstić information content (AvgIpc) is 2.89. The number of carbonyl (C=O) groups excluding carboxylic acids is 2. The molecule has 0 aliphatic carbocycles. The Kier molecular flexibility index (Phi) is 5.20. The van der Waals surface area contributed by atoms with E-state index in [2.05, 4.69) is 5.32 Å². The number of nitrogens with zero attached hydrogens (tertiary/aromatic N) is 2. The number of benzene rings is 3. The molecule has 1 aliphatic heterocycles. The zero-order valence-corrected chi connectivity index (χ0v) is 16.4. The summed E-state index contributed by atoms with van der Waals surface area (Å²) in [4.78, 5) is 38.0. The lowest BCUT2D eigenvalue weighted by atomic mass is 9.95. The maximum atomic E-state index is 13.4. The molecule has 150 valence electrons. The van der Waals surface area contributed by atoms with Crippen LogP contribution < -0.4 is 5.32 Å². The Morgan fingerprint density at radius 3 is 2.57 bits per heavy atom. The van der Waals surface area contributed by atoms with Crippen molar-refractivity contribution in [2.45, 2.75) is 6.04 Å². The molecule has 7 nitrogen and oxygen atoms in total. The molecule has 3 aromatic rings. The summed E-state index contributed by atoms with van der Waals surface area (Å²) in [5.74, 6) is -0.855. The molecule has 0 saturated heterocycles. The molecule has 3 aromatic carbocycles. The minimum absolute atomic E-state index is 0.128. The largest absolute Gasteiger partial charge is 0.324 e. The molecule has 1 N–H and O–H groups in total. The molecule has 1 aliphatic rings. The number of carbonyl (C=O) groups is 2. The number of nitro benzene ring substituents is 1. The summed E-state index contributed by atoms with van der Waals surface area (Å²) in [5.41, 5.74) is 1.95. The van der Waals surface area contributed by atoms with E-state index in [-0.39, 0.29) is 23.7 Å². The molecule has 0 aromatic heterocycles. The summed E-state index contributed by atoms with van der Waals surface area (Å²) in [6, 6.07) is 19.2. The zero-order chi connectivity index (χ0) is 21.3. The summed E-state index contributed by atoms with van der Waals surface area (Å²) >= 11 is 6.23. The quantitative estimate of drug-likeness (QED) is 0.500. The summed E-state index contributed by atoms with van der Waals surface area (Å²) in [7, 11) is 0. The lowest BCUT2D eigenvalue weighted by Crippen LogP contribution is -2.39. The van der Waals surface area contributed by atoms with Gasteiger partial charge in [0, 0.05) is 34.0 Å². The minimum atomic E-state index is -0.606. The fourth-order valence-electron chi connectivity index (χ4n) is 3.58. The van der Waals surface area contributed by atoms with E-state index in [0.29, 0.717) is 16.3 Å². The van der Waals surface area contributed by atoms with Crippen LogP contribution in [-0.4, -0.2) is 28.2 Å². The third kappa shape index (κ3) is 3.75. The second kappa shape index (κ2) is 7.96. The van der Waals surface area contributed by atoms with Gasteiger partial charge in [-0.15, -0.1) is 0 Å². The Morgan fingerprint density at radius 2 is 1.83 bits per heavy atom. The van der Waals surface area contributed by atoms with Crippen LogP contribution in [0, 0.1) is 10.1 Å².